The van der Waals surface area contributed by atoms with E-state index >= 15 is 0 Å². The molecule has 5 rings (SSSR count). The van der Waals surface area contributed by atoms with Gasteiger partial charge in [-0.25, -0.2) is 15.0 Å². The van der Waals surface area contributed by atoms with Crippen molar-refractivity contribution in [3.8, 4) is 0 Å². The van der Waals surface area contributed by atoms with Gasteiger partial charge in [0.1, 0.15) is 31.1 Å². The number of aromatic nitrogens is 4. The van der Waals surface area contributed by atoms with Crippen LogP contribution in [0, 0.1) is 0 Å². The summed E-state index contributed by atoms with van der Waals surface area (Å²) >= 11 is 5.15. The molecule has 4 heterocycles. The predicted molar refractivity (Wildman–Crippen MR) is 113 cm³/mol. The zero-order chi connectivity index (χ0) is 21.4. The van der Waals surface area contributed by atoms with Crippen molar-refractivity contribution in [2.75, 3.05) is 18.5 Å². The third-order valence-electron chi connectivity index (χ3n) is 5.78. The van der Waals surface area contributed by atoms with Gasteiger partial charge in [0.2, 0.25) is 6.23 Å². The summed E-state index contributed by atoms with van der Waals surface area (Å²) in [7, 11) is 0. The van der Waals surface area contributed by atoms with E-state index in [0.29, 0.717) is 36.2 Å². The van der Waals surface area contributed by atoms with E-state index in [1.54, 1.807) is 4.57 Å². The zero-order valence-corrected chi connectivity index (χ0v) is 17.5. The van der Waals surface area contributed by atoms with Crippen molar-refractivity contribution in [2.24, 2.45) is 0 Å². The molecule has 0 radical (unpaired) electrons. The summed E-state index contributed by atoms with van der Waals surface area (Å²) in [5, 5.41) is 27.6. The molecule has 3 fully saturated rings. The number of imidazole rings is 1. The van der Waals surface area contributed by atoms with Gasteiger partial charge in [-0.3, -0.25) is 4.57 Å². The highest BCUT2D eigenvalue weighted by atomic mass is 32.1. The number of hydrogen-bond acceptors (Lipinski definition) is 10. The number of nitrogens with one attached hydrogen (secondary N) is 2. The molecular formula is C19H24N6O5S. The monoisotopic (exact) mass is 448 g/mol. The Balaban J connectivity index is 1.32. The van der Waals surface area contributed by atoms with Crippen molar-refractivity contribution in [1.29, 1.82) is 0 Å². The van der Waals surface area contributed by atoms with E-state index in [1.165, 1.54) is 25.3 Å². The van der Waals surface area contributed by atoms with E-state index in [1.807, 2.05) is 0 Å². The molecule has 11 nitrogen and oxygen atoms in total. The van der Waals surface area contributed by atoms with Crippen molar-refractivity contribution in [3.05, 3.63) is 24.7 Å². The van der Waals surface area contributed by atoms with E-state index < -0.39 is 18.4 Å². The molecule has 3 aliphatic rings. The first kappa shape index (κ1) is 20.4. The second-order valence-corrected chi connectivity index (χ2v) is 8.26. The number of nitrogens with zero attached hydrogens (tertiary/aromatic N) is 4. The quantitative estimate of drug-likeness (QED) is 0.377. The highest BCUT2D eigenvalue weighted by molar-refractivity contribution is 7.80. The molecular weight excluding hydrogens is 424 g/mol. The van der Waals surface area contributed by atoms with Crippen LogP contribution in [-0.2, 0) is 14.2 Å². The van der Waals surface area contributed by atoms with Crippen LogP contribution in [0.2, 0.25) is 0 Å². The minimum Gasteiger partial charge on any atom is -0.465 e. The van der Waals surface area contributed by atoms with E-state index in [2.05, 4.69) is 25.6 Å². The standard InChI is InChI=1S/C19H24N6O5S/c26-14-12(7-29-19(31)24-10-2-1-3-10)30-18(15(14)27)25-9-22-13-16(20-8-21-17(13)25)23-11-4-5-28-6-11/h7-11,14-15,18,26-27H,1-6H2,(H,24,31)(H,20,21,23)/b12-7+/t11-,14-,15-,18?/m1/s1. The first-order chi connectivity index (χ1) is 15.1. The van der Waals surface area contributed by atoms with Gasteiger partial charge in [0.25, 0.3) is 5.17 Å². The number of anilines is 1. The molecule has 2 aliphatic heterocycles. The lowest BCUT2D eigenvalue weighted by molar-refractivity contribution is -0.0120. The summed E-state index contributed by atoms with van der Waals surface area (Å²) < 4.78 is 18.1. The Kier molecular flexibility index (Phi) is 5.61. The largest absolute Gasteiger partial charge is 0.465 e. The van der Waals surface area contributed by atoms with E-state index in [4.69, 9.17) is 26.4 Å². The SMILES string of the molecule is O[C@@H]1/C(=C\OC(=S)NC2CCC2)OC(n2cnc3c(N[C@@H]4CCOC4)ncnc32)[C@@H]1O. The molecule has 0 bridgehead atoms. The Hall–Kier alpha value is -2.54. The Morgan fingerprint density at radius 2 is 2.10 bits per heavy atom. The third kappa shape index (κ3) is 4.03. The number of rotatable bonds is 5. The van der Waals surface area contributed by atoms with Crippen LogP contribution in [0.25, 0.3) is 11.2 Å². The number of aliphatic hydroxyl groups is 2. The highest BCUT2D eigenvalue weighted by Gasteiger charge is 2.42. The van der Waals surface area contributed by atoms with Gasteiger partial charge in [-0.1, -0.05) is 0 Å². The molecule has 1 aliphatic carbocycles. The summed E-state index contributed by atoms with van der Waals surface area (Å²) in [6.45, 7) is 1.31. The summed E-state index contributed by atoms with van der Waals surface area (Å²) in [6.07, 6.45) is 4.87. The molecule has 166 valence electrons. The molecule has 1 unspecified atom stereocenters. The lowest BCUT2D eigenvalue weighted by atomic mass is 9.93. The van der Waals surface area contributed by atoms with Gasteiger partial charge in [-0.05, 0) is 37.9 Å². The lowest BCUT2D eigenvalue weighted by Crippen LogP contribution is -2.39. The normalized spacial score (nSPS) is 29.7. The van der Waals surface area contributed by atoms with E-state index in [0.717, 1.165) is 19.3 Å². The molecule has 4 atom stereocenters. The van der Waals surface area contributed by atoms with Gasteiger partial charge >= 0.3 is 0 Å². The maximum absolute atomic E-state index is 10.6. The van der Waals surface area contributed by atoms with Crippen LogP contribution in [0.15, 0.2) is 24.7 Å². The number of aliphatic hydroxyl groups excluding tert-OH is 2. The number of hydrogen-bond donors (Lipinski definition) is 4. The molecule has 0 spiro atoms. The maximum atomic E-state index is 10.6. The molecule has 0 aromatic carbocycles. The van der Waals surface area contributed by atoms with Crippen LogP contribution in [0.5, 0.6) is 0 Å². The van der Waals surface area contributed by atoms with Crippen molar-refractivity contribution in [3.63, 3.8) is 0 Å². The smallest absolute Gasteiger partial charge is 0.261 e. The molecule has 2 saturated heterocycles. The summed E-state index contributed by atoms with van der Waals surface area (Å²) in [6, 6.07) is 0.483. The summed E-state index contributed by atoms with van der Waals surface area (Å²) in [4.78, 5) is 13.0. The van der Waals surface area contributed by atoms with Crippen LogP contribution in [0.4, 0.5) is 5.82 Å². The molecule has 0 amide bonds. The number of thiocarbonyl (C=S) groups is 1. The molecule has 2 aromatic heterocycles. The Labute approximate surface area is 183 Å². The molecule has 2 aromatic rings. The average molecular weight is 449 g/mol. The fraction of sp³-hybridized carbons (Fsp3) is 0.579. The average Bonchev–Trinajstić information content (AvgIpc) is 3.45. The summed E-state index contributed by atoms with van der Waals surface area (Å²) in [5.74, 6) is 0.659. The van der Waals surface area contributed by atoms with Gasteiger partial charge < -0.3 is 35.1 Å². The van der Waals surface area contributed by atoms with Crippen LogP contribution < -0.4 is 10.6 Å². The molecule has 4 N–H and O–H groups in total. The lowest BCUT2D eigenvalue weighted by Gasteiger charge is -2.26. The molecule has 31 heavy (non-hydrogen) atoms. The van der Waals surface area contributed by atoms with Gasteiger partial charge in [-0.2, -0.15) is 0 Å². The second-order valence-electron chi connectivity index (χ2n) is 7.89. The molecule has 1 saturated carbocycles. The fourth-order valence-electron chi connectivity index (χ4n) is 3.77. The van der Waals surface area contributed by atoms with Crippen LogP contribution in [0.1, 0.15) is 31.9 Å². The van der Waals surface area contributed by atoms with E-state index in [9.17, 15) is 10.2 Å². The van der Waals surface area contributed by atoms with Crippen molar-refractivity contribution >= 4 is 34.4 Å². The van der Waals surface area contributed by atoms with Crippen molar-refractivity contribution in [1.82, 2.24) is 24.8 Å². The first-order valence-electron chi connectivity index (χ1n) is 10.3. The second kappa shape index (κ2) is 8.54. The predicted octanol–water partition coefficient (Wildman–Crippen LogP) is 0.563. The van der Waals surface area contributed by atoms with Crippen molar-refractivity contribution in [2.45, 2.75) is 56.2 Å². The fourth-order valence-corrected chi connectivity index (χ4v) is 3.99. The van der Waals surface area contributed by atoms with E-state index in [-0.39, 0.29) is 17.0 Å². The Morgan fingerprint density at radius 3 is 2.84 bits per heavy atom. The number of fused-ring (bicyclic) bond motifs is 1. The van der Waals surface area contributed by atoms with Crippen LogP contribution in [-0.4, -0.2) is 72.4 Å². The topological polar surface area (TPSA) is 136 Å². The number of ether oxygens (including phenoxy) is 3. The van der Waals surface area contributed by atoms with Gasteiger partial charge in [0, 0.05) is 12.6 Å². The summed E-state index contributed by atoms with van der Waals surface area (Å²) in [5.41, 5.74) is 1.01. The minimum absolute atomic E-state index is 0.0765. The maximum Gasteiger partial charge on any atom is 0.261 e. The zero-order valence-electron chi connectivity index (χ0n) is 16.7. The van der Waals surface area contributed by atoms with Gasteiger partial charge in [-0.15, -0.1) is 0 Å². The third-order valence-corrected chi connectivity index (χ3v) is 5.99. The highest BCUT2D eigenvalue weighted by Crippen LogP contribution is 2.34. The Bertz CT molecular complexity index is 989. The van der Waals surface area contributed by atoms with Gasteiger partial charge in [0.05, 0.1) is 12.6 Å². The Morgan fingerprint density at radius 1 is 1.23 bits per heavy atom. The van der Waals surface area contributed by atoms with Crippen LogP contribution in [0.3, 0.4) is 0 Å². The minimum atomic E-state index is -1.27. The first-order valence-corrected chi connectivity index (χ1v) is 10.7. The molecule has 12 heteroatoms. The van der Waals surface area contributed by atoms with Gasteiger partial charge in [0.15, 0.2) is 22.7 Å². The van der Waals surface area contributed by atoms with Crippen molar-refractivity contribution < 1.29 is 24.4 Å². The van der Waals surface area contributed by atoms with Crippen LogP contribution >= 0.6 is 12.2 Å².